The lowest BCUT2D eigenvalue weighted by Gasteiger charge is -2.22. The minimum Gasteiger partial charge on any atom is -0.467 e. The second-order valence-corrected chi connectivity index (χ2v) is 6.21. The monoisotopic (exact) mass is 365 g/mol. The molecule has 5 nitrogen and oxygen atoms in total. The van der Waals surface area contributed by atoms with E-state index in [1.54, 1.807) is 11.2 Å². The lowest BCUT2D eigenvalue weighted by atomic mass is 10.0. The summed E-state index contributed by atoms with van der Waals surface area (Å²) in [4.78, 5) is 13.7. The van der Waals surface area contributed by atoms with Gasteiger partial charge in [-0.15, -0.1) is 0 Å². The van der Waals surface area contributed by atoms with Crippen LogP contribution in [0.5, 0.6) is 0 Å². The number of rotatable bonds is 8. The number of nitrogens with zero attached hydrogens (tertiary/aromatic N) is 1. The summed E-state index contributed by atoms with van der Waals surface area (Å²) in [6.07, 6.45) is 0.911. The van der Waals surface area contributed by atoms with Crippen LogP contribution in [0.25, 0.3) is 0 Å². The highest BCUT2D eigenvalue weighted by atomic mass is 16.5. The molecule has 140 valence electrons. The summed E-state index contributed by atoms with van der Waals surface area (Å²) in [7, 11) is 0. The van der Waals surface area contributed by atoms with Crippen molar-refractivity contribution in [2.75, 3.05) is 18.1 Å². The van der Waals surface area contributed by atoms with E-state index in [1.807, 2.05) is 66.7 Å². The van der Waals surface area contributed by atoms with Crippen LogP contribution in [0.2, 0.25) is 0 Å². The smallest absolute Gasteiger partial charge is 0.223 e. The molecule has 2 aromatic carbocycles. The Kier molecular flexibility index (Phi) is 6.41. The van der Waals surface area contributed by atoms with E-state index in [0.717, 1.165) is 22.6 Å². The molecule has 1 N–H and O–H groups in total. The third-order valence-corrected chi connectivity index (χ3v) is 4.30. The number of hydrogen-bond donors (Lipinski definition) is 1. The van der Waals surface area contributed by atoms with Crippen LogP contribution in [0.4, 0.5) is 5.69 Å². The maximum absolute atomic E-state index is 12.0. The Bertz CT molecular complexity index is 829. The SMILES string of the molecule is CC(=O)N(CCOCc1ccco1)c1ccc(C(O)c2ccccc2)cc1. The van der Waals surface area contributed by atoms with E-state index in [1.165, 1.54) is 6.92 Å². The number of benzene rings is 2. The first-order chi connectivity index (χ1) is 13.1. The van der Waals surface area contributed by atoms with Gasteiger partial charge in [0.05, 0.1) is 12.9 Å². The van der Waals surface area contributed by atoms with Crippen molar-refractivity contribution < 1.29 is 19.1 Å². The Hall–Kier alpha value is -2.89. The molecule has 5 heteroatoms. The molecule has 0 aliphatic rings. The molecule has 1 atom stereocenters. The number of amides is 1. The molecule has 1 heterocycles. The maximum Gasteiger partial charge on any atom is 0.223 e. The van der Waals surface area contributed by atoms with Crippen molar-refractivity contribution in [3.63, 3.8) is 0 Å². The van der Waals surface area contributed by atoms with Gasteiger partial charge in [0.1, 0.15) is 18.5 Å². The molecule has 1 unspecified atom stereocenters. The number of carbonyl (C=O) groups is 1. The third kappa shape index (κ3) is 5.06. The molecule has 3 aromatic rings. The van der Waals surface area contributed by atoms with Crippen molar-refractivity contribution in [1.29, 1.82) is 0 Å². The van der Waals surface area contributed by atoms with Gasteiger partial charge in [-0.3, -0.25) is 4.79 Å². The summed E-state index contributed by atoms with van der Waals surface area (Å²) in [6, 6.07) is 20.5. The van der Waals surface area contributed by atoms with E-state index in [0.29, 0.717) is 19.8 Å². The van der Waals surface area contributed by atoms with Crippen LogP contribution >= 0.6 is 0 Å². The van der Waals surface area contributed by atoms with Gasteiger partial charge in [-0.2, -0.15) is 0 Å². The van der Waals surface area contributed by atoms with Gasteiger partial charge in [0.15, 0.2) is 0 Å². The number of ether oxygens (including phenoxy) is 1. The van der Waals surface area contributed by atoms with Gasteiger partial charge in [-0.25, -0.2) is 0 Å². The number of anilines is 1. The second-order valence-electron chi connectivity index (χ2n) is 6.21. The van der Waals surface area contributed by atoms with Crippen LogP contribution < -0.4 is 4.90 Å². The fourth-order valence-corrected chi connectivity index (χ4v) is 2.86. The molecule has 0 bridgehead atoms. The topological polar surface area (TPSA) is 62.9 Å². The summed E-state index contributed by atoms with van der Waals surface area (Å²) in [5.74, 6) is 0.691. The molecule has 0 aliphatic heterocycles. The van der Waals surface area contributed by atoms with Gasteiger partial charge in [0, 0.05) is 19.2 Å². The molecule has 27 heavy (non-hydrogen) atoms. The van der Waals surface area contributed by atoms with E-state index in [-0.39, 0.29) is 5.91 Å². The summed E-state index contributed by atoms with van der Waals surface area (Å²) in [5, 5.41) is 10.5. The first-order valence-corrected chi connectivity index (χ1v) is 8.86. The van der Waals surface area contributed by atoms with Gasteiger partial charge in [0.25, 0.3) is 0 Å². The number of aliphatic hydroxyl groups is 1. The van der Waals surface area contributed by atoms with E-state index in [4.69, 9.17) is 9.15 Å². The molecule has 3 rings (SSSR count). The Labute approximate surface area is 158 Å². The van der Waals surface area contributed by atoms with Crippen LogP contribution in [-0.2, 0) is 16.1 Å². The maximum atomic E-state index is 12.0. The average Bonchev–Trinajstić information content (AvgIpc) is 3.21. The highest BCUT2D eigenvalue weighted by molar-refractivity contribution is 5.91. The predicted molar refractivity (Wildman–Crippen MR) is 103 cm³/mol. The number of hydrogen-bond acceptors (Lipinski definition) is 4. The molecular weight excluding hydrogens is 342 g/mol. The van der Waals surface area contributed by atoms with Crippen LogP contribution in [0.15, 0.2) is 77.4 Å². The molecule has 0 spiro atoms. The van der Waals surface area contributed by atoms with Crippen LogP contribution in [0.3, 0.4) is 0 Å². The first kappa shape index (κ1) is 18.9. The van der Waals surface area contributed by atoms with Crippen molar-refractivity contribution in [2.45, 2.75) is 19.6 Å². The standard InChI is InChI=1S/C22H23NO4/c1-17(24)23(13-15-26-16-21-8-5-14-27-21)20-11-9-19(10-12-20)22(25)18-6-3-2-4-7-18/h2-12,14,22,25H,13,15-16H2,1H3. The van der Waals surface area contributed by atoms with Crippen molar-refractivity contribution in [1.82, 2.24) is 0 Å². The van der Waals surface area contributed by atoms with Crippen molar-refractivity contribution in [2.24, 2.45) is 0 Å². The van der Waals surface area contributed by atoms with Gasteiger partial charge < -0.3 is 19.2 Å². The van der Waals surface area contributed by atoms with Crippen molar-refractivity contribution >= 4 is 11.6 Å². The minimum absolute atomic E-state index is 0.0621. The molecule has 0 saturated heterocycles. The highest BCUT2D eigenvalue weighted by Gasteiger charge is 2.14. The lowest BCUT2D eigenvalue weighted by Crippen LogP contribution is -2.32. The summed E-state index contributed by atoms with van der Waals surface area (Å²) < 4.78 is 10.8. The van der Waals surface area contributed by atoms with Crippen molar-refractivity contribution in [3.8, 4) is 0 Å². The summed E-state index contributed by atoms with van der Waals surface area (Å²) in [5.41, 5.74) is 2.38. The zero-order valence-corrected chi connectivity index (χ0v) is 15.2. The predicted octanol–water partition coefficient (Wildman–Crippen LogP) is 3.93. The van der Waals surface area contributed by atoms with Crippen molar-refractivity contribution in [3.05, 3.63) is 89.9 Å². The third-order valence-electron chi connectivity index (χ3n) is 4.30. The fourth-order valence-electron chi connectivity index (χ4n) is 2.86. The normalized spacial score (nSPS) is 11.9. The van der Waals surface area contributed by atoms with Gasteiger partial charge in [0.2, 0.25) is 5.91 Å². The molecule has 1 amide bonds. The fraction of sp³-hybridized carbons (Fsp3) is 0.227. The molecule has 0 aliphatic carbocycles. The van der Waals surface area contributed by atoms with Crippen LogP contribution in [0.1, 0.15) is 29.9 Å². The zero-order valence-electron chi connectivity index (χ0n) is 15.2. The Balaban J connectivity index is 1.61. The van der Waals surface area contributed by atoms with Crippen LogP contribution in [0, 0.1) is 0 Å². The van der Waals surface area contributed by atoms with Gasteiger partial charge >= 0.3 is 0 Å². The lowest BCUT2D eigenvalue weighted by molar-refractivity contribution is -0.116. The Morgan fingerprint density at radius 1 is 1.04 bits per heavy atom. The quantitative estimate of drug-likeness (QED) is 0.615. The second kappa shape index (κ2) is 9.16. The number of carbonyl (C=O) groups excluding carboxylic acids is 1. The molecule has 0 radical (unpaired) electrons. The van der Waals surface area contributed by atoms with Crippen LogP contribution in [-0.4, -0.2) is 24.2 Å². The van der Waals surface area contributed by atoms with E-state index in [2.05, 4.69) is 0 Å². The average molecular weight is 365 g/mol. The van der Waals surface area contributed by atoms with E-state index >= 15 is 0 Å². The Morgan fingerprint density at radius 3 is 2.37 bits per heavy atom. The molecular formula is C22H23NO4. The highest BCUT2D eigenvalue weighted by Crippen LogP contribution is 2.24. The van der Waals surface area contributed by atoms with E-state index < -0.39 is 6.10 Å². The summed E-state index contributed by atoms with van der Waals surface area (Å²) in [6.45, 7) is 2.74. The summed E-state index contributed by atoms with van der Waals surface area (Å²) >= 11 is 0. The molecule has 0 fully saturated rings. The zero-order chi connectivity index (χ0) is 19.1. The first-order valence-electron chi connectivity index (χ1n) is 8.86. The number of furan rings is 1. The van der Waals surface area contributed by atoms with E-state index in [9.17, 15) is 9.90 Å². The number of aliphatic hydroxyl groups excluding tert-OH is 1. The van der Waals surface area contributed by atoms with Gasteiger partial charge in [-0.1, -0.05) is 42.5 Å². The van der Waals surface area contributed by atoms with Gasteiger partial charge in [-0.05, 0) is 35.4 Å². The minimum atomic E-state index is -0.692. The molecule has 1 aromatic heterocycles. The Morgan fingerprint density at radius 2 is 1.74 bits per heavy atom. The largest absolute Gasteiger partial charge is 0.467 e. The molecule has 0 saturated carbocycles.